The first kappa shape index (κ1) is 169. The Hall–Kier alpha value is 38.9. The van der Waals surface area contributed by atoms with Crippen molar-refractivity contribution in [2.45, 2.75) is 49.9 Å². The lowest BCUT2D eigenvalue weighted by Gasteiger charge is -2.64. The zero-order chi connectivity index (χ0) is 105. The Bertz CT molecular complexity index is 3740. The molecular weight excluding hydrogens is 3560 g/mol. The number of nitrogens with one attached hydrogen (secondary N) is 1. The van der Waals surface area contributed by atoms with Gasteiger partial charge in [0.25, 0.3) is 0 Å². The van der Waals surface area contributed by atoms with Crippen LogP contribution in [0.3, 0.4) is 0 Å². The van der Waals surface area contributed by atoms with Gasteiger partial charge in [0.05, 0.1) is 22.0 Å². The normalized spacial score (nSPS) is 15.2. The van der Waals surface area contributed by atoms with Crippen LogP contribution in [0.1, 0.15) is 32.8 Å². The molecule has 0 aliphatic heterocycles. The molecule has 0 spiro atoms. The second-order valence-corrected chi connectivity index (χ2v) is 437. The SMILES string of the molecule is CCC(C)S(=O)(=O)c1ccc(-c2cnc(N)c(-c3cc(-c4ccc(CNC(C)CF)cc4)no3)n2)cc1.PPP(P)P(P(P(P)P)P(P)P)P(P(P(P)P)P(P)P)P(P(P(P(P)P)P(P)P)P(P(P)P)P(P)P)P(P(P(P(P(P)P)P(P)P)P(P(P)P)P(P)P)P(P(P(P)P)P(P)P)P(P(P)P)P(P)P)P(P(P(P(P)P)P(P)P)P(P(P)P)P(P)P)P(P(P(P)P)P(P)P)P(P(P)P)P(P)P. The number of alkyl halides is 1. The number of rotatable bonds is 58. The van der Waals surface area contributed by atoms with E-state index < -0.39 is 329 Å². The largest absolute Gasteiger partial charge is 0.382 e. The molecule has 8 nitrogen and oxygen atoms in total. The standard InChI is InChI=1S/C27H30FN5O3S.H101P99/c1-4-18(3)37(34,35)22-11-9-21(10-12-22)24-16-31-27(29)26(32-24)25-13-23(33-36-25)20-7-5-19(6-8-20)15-30-17(2)14-28;1-51-76(50)89(77(52(2)3)53(4)5)95(88(74(46)47)75(48)49)98(94(86(70(38)39)71(40)41)87(72(42)43)73(44)45)99(96(90(78(54(6)7)55(8)9)79(56(10)11)57(12)13)91(80(58(14)15)59(16)17)81(60(18)19)61(20)21)97(92(82(62(22)23)63(24)25)83(64(26)27)65(28)29)93(84(66(30)31)67(32)33)85(68(34)35)69(36)37/h5-13,16-18,30H,4,14-15H2,1-3H3,(H2,29,31);51H,1-50H2. The predicted molar refractivity (Wildman–Crippen MR) is 968 cm³/mol. The first-order chi connectivity index (χ1) is 62.8. The van der Waals surface area contributed by atoms with Gasteiger partial charge in [-0.05, 0) is 373 Å². The van der Waals surface area contributed by atoms with Crippen molar-refractivity contribution in [1.29, 1.82) is 0 Å². The summed E-state index contributed by atoms with van der Waals surface area (Å²) in [5.74, 6) is 0.547. The van der Waals surface area contributed by atoms with Crippen LogP contribution in [0.15, 0.2) is 70.2 Å². The van der Waals surface area contributed by atoms with Gasteiger partial charge in [0, 0.05) is 29.8 Å². The van der Waals surface area contributed by atoms with Crippen LogP contribution in [-0.4, -0.2) is 41.5 Å². The summed E-state index contributed by atoms with van der Waals surface area (Å²) in [4.78, 5) is 9.14. The molecule has 0 bridgehead atoms. The molecule has 0 fully saturated rings. The monoisotopic (exact) mass is 3690 g/mol. The minimum absolute atomic E-state index is 0.186. The number of nitrogens with zero attached hydrogens (tertiary/aromatic N) is 3. The summed E-state index contributed by atoms with van der Waals surface area (Å²) in [7, 11) is 187. The molecule has 790 valence electrons. The number of nitrogens with two attached hydrogens (primary N) is 1. The summed E-state index contributed by atoms with van der Waals surface area (Å²) in [6.45, 7) is -15.8. The average Bonchev–Trinajstić information content (AvgIpc) is 0.756. The molecule has 2 heterocycles. The fraction of sp³-hybridized carbons (Fsp3) is 0.296. The van der Waals surface area contributed by atoms with Crippen molar-refractivity contribution < 1.29 is 17.3 Å². The topological polar surface area (TPSA) is 124 Å². The Morgan fingerprint density at radius 1 is 0.346 bits per heavy atom. The van der Waals surface area contributed by atoms with E-state index in [-0.39, 0.29) is 44.7 Å². The summed E-state index contributed by atoms with van der Waals surface area (Å²) in [5, 5.41) is 6.81. The third-order valence-corrected chi connectivity index (χ3v) is 722. The third-order valence-electron chi connectivity index (χ3n) is 15.1. The molecule has 136 heavy (non-hydrogen) atoms. The molecule has 0 amide bonds. The second-order valence-electron chi connectivity index (χ2n) is 24.8. The van der Waals surface area contributed by atoms with Crippen molar-refractivity contribution in [3.63, 3.8) is 0 Å². The maximum absolute atomic E-state index is 12.6. The molecule has 0 radical (unpaired) electrons. The van der Waals surface area contributed by atoms with Crippen LogP contribution in [0.5, 0.6) is 0 Å². The minimum atomic E-state index is -3.38. The number of sulfone groups is 1. The van der Waals surface area contributed by atoms with E-state index in [9.17, 15) is 12.8 Å². The van der Waals surface area contributed by atoms with Crippen molar-refractivity contribution in [3.8, 4) is 34.0 Å². The molecule has 4 rings (SSSR count). The number of nitrogen functional groups attached to an aromatic ring is 1. The summed E-state index contributed by atoms with van der Waals surface area (Å²) >= 11 is 0. The quantitative estimate of drug-likeness (QED) is 0.0419. The molecule has 2 aromatic carbocycles. The Morgan fingerprint density at radius 3 is 0.794 bits per heavy atom. The molecule has 57 unspecified atom stereocenters. The second kappa shape index (κ2) is 89.6. The van der Waals surface area contributed by atoms with Crippen LogP contribution < -0.4 is 11.1 Å². The summed E-state index contributed by atoms with van der Waals surface area (Å²) in [5.41, 5.74) is 10.1. The highest BCUT2D eigenvalue weighted by atomic mass is 33.7. The van der Waals surface area contributed by atoms with E-state index in [1.54, 1.807) is 44.2 Å². The van der Waals surface area contributed by atoms with Crippen molar-refractivity contribution in [3.05, 3.63) is 66.4 Å². The number of hydrogen-bond acceptors (Lipinski definition) is 8. The van der Waals surface area contributed by atoms with E-state index >= 15 is 0 Å². The Balaban J connectivity index is 0.00000105. The van der Waals surface area contributed by atoms with E-state index in [1.165, 1.54) is 6.20 Å². The van der Waals surface area contributed by atoms with Crippen LogP contribution in [0.25, 0.3) is 34.0 Å². The van der Waals surface area contributed by atoms with Gasteiger partial charge in [-0.3, -0.25) is 0 Å². The van der Waals surface area contributed by atoms with Crippen molar-refractivity contribution >= 4 is 805 Å². The smallest absolute Gasteiger partial charge is 0.189 e. The zero-order valence-corrected chi connectivity index (χ0v) is 174. The van der Waals surface area contributed by atoms with E-state index in [2.05, 4.69) is 467 Å². The van der Waals surface area contributed by atoms with Crippen molar-refractivity contribution in [1.82, 2.24) is 20.4 Å². The van der Waals surface area contributed by atoms with Gasteiger partial charge in [0.2, 0.25) is 0 Å². The minimum Gasteiger partial charge on any atom is -0.382 e. The molecule has 109 heteroatoms. The predicted octanol–water partition coefficient (Wildman–Crippen LogP) is 63.3. The molecule has 0 saturated carbocycles. The maximum Gasteiger partial charge on any atom is 0.189 e. The summed E-state index contributed by atoms with van der Waals surface area (Å²) < 4.78 is 43.4. The fourth-order valence-corrected chi connectivity index (χ4v) is 1490. The van der Waals surface area contributed by atoms with Gasteiger partial charge < -0.3 is 15.6 Å². The maximum atomic E-state index is 12.6. The zero-order valence-electron chi connectivity index (χ0n) is 71.8. The van der Waals surface area contributed by atoms with Gasteiger partial charge in [0.15, 0.2) is 27.1 Å². The number of hydrogen-bond donors (Lipinski definition) is 2. The Morgan fingerprint density at radius 2 is 0.566 bits per heavy atom. The van der Waals surface area contributed by atoms with Crippen molar-refractivity contribution in [2.75, 3.05) is 12.4 Å². The number of anilines is 1. The van der Waals surface area contributed by atoms with Crippen molar-refractivity contribution in [2.24, 2.45) is 0 Å². The Labute approximate surface area is 991 Å². The summed E-state index contributed by atoms with van der Waals surface area (Å²) in [6, 6.07) is 15.8. The van der Waals surface area contributed by atoms with Gasteiger partial charge >= 0.3 is 0 Å². The van der Waals surface area contributed by atoms with Gasteiger partial charge in [-0.1, -0.05) is 56.4 Å². The molecule has 0 saturated heterocycles. The number of halogens is 1. The average molecular weight is 3690 g/mol. The van der Waals surface area contributed by atoms with Crippen LogP contribution in [0, 0.1) is 0 Å². The molecule has 4 aromatic rings. The highest BCUT2D eigenvalue weighted by Crippen LogP contribution is 3.55. The van der Waals surface area contributed by atoms with E-state index in [4.69, 9.17) is 10.3 Å². The number of benzene rings is 2. The lowest BCUT2D eigenvalue weighted by Crippen LogP contribution is -2.27. The lowest BCUT2D eigenvalue weighted by atomic mass is 10.1. The highest BCUT2D eigenvalue weighted by Gasteiger charge is 2.68. The van der Waals surface area contributed by atoms with E-state index in [1.807, 2.05) is 31.2 Å². The van der Waals surface area contributed by atoms with Gasteiger partial charge in [-0.2, -0.15) is 0 Å². The van der Waals surface area contributed by atoms with Crippen LogP contribution in [-0.2, 0) is 16.4 Å². The third kappa shape index (κ3) is 55.3. The molecular formula is C27H131FN5O3P99S. The van der Waals surface area contributed by atoms with Gasteiger partial charge in [-0.25, -0.2) is 22.8 Å². The first-order valence-corrected chi connectivity index (χ1v) is 217. The van der Waals surface area contributed by atoms with Crippen LogP contribution in [0.4, 0.5) is 10.2 Å². The first-order valence-electron chi connectivity index (χ1n) is 34.6. The molecule has 2 aromatic heterocycles. The van der Waals surface area contributed by atoms with Crippen LogP contribution in [0.2, 0.25) is 0 Å². The molecule has 57 atom stereocenters. The number of aromatic nitrogens is 3. The molecule has 0 aliphatic carbocycles. The Kier molecular flexibility index (Phi) is 111. The summed E-state index contributed by atoms with van der Waals surface area (Å²) in [6.07, 6.45) is 2.07. The molecule has 3 N–H and O–H groups in total. The molecule has 0 aliphatic rings. The lowest BCUT2D eigenvalue weighted by molar-refractivity contribution is 0.391. The fourth-order valence-electron chi connectivity index (χ4n) is 9.74. The van der Waals surface area contributed by atoms with Crippen LogP contribution >= 0.6 is 790 Å². The van der Waals surface area contributed by atoms with Gasteiger partial charge in [0.1, 0.15) is 12.4 Å². The highest BCUT2D eigenvalue weighted by molar-refractivity contribution is 9.60. The van der Waals surface area contributed by atoms with E-state index in [0.717, 1.165) is 19.1 Å². The van der Waals surface area contributed by atoms with Gasteiger partial charge in [-0.15, -0.1) is 446 Å². The van der Waals surface area contributed by atoms with E-state index in [0.29, 0.717) is 41.4 Å².